The number of nitrogens with one attached hydrogen (secondary N) is 1. The molecule has 2 aliphatic heterocycles. The molecule has 0 saturated carbocycles. The molecule has 0 radical (unpaired) electrons. The lowest BCUT2D eigenvalue weighted by molar-refractivity contribution is 0.0691. The van der Waals surface area contributed by atoms with Crippen molar-refractivity contribution >= 4 is 26.6 Å². The van der Waals surface area contributed by atoms with Gasteiger partial charge in [0.25, 0.3) is 0 Å². The number of nitrogens with zero attached hydrogens (tertiary/aromatic N) is 3. The fraction of sp³-hybridized carbons (Fsp3) is 0.455. The van der Waals surface area contributed by atoms with E-state index in [2.05, 4.69) is 9.88 Å². The summed E-state index contributed by atoms with van der Waals surface area (Å²) in [5.41, 5.74) is 1.99. The third-order valence-electron chi connectivity index (χ3n) is 6.38. The third-order valence-corrected chi connectivity index (χ3v) is 8.43. The Bertz CT molecular complexity index is 1300. The highest BCUT2D eigenvalue weighted by Crippen LogP contribution is 2.44. The summed E-state index contributed by atoms with van der Waals surface area (Å²) >= 11 is 0. The molecule has 0 aliphatic carbocycles. The number of fused-ring (bicyclic) bond motifs is 4. The average molecular weight is 459 g/mol. The van der Waals surface area contributed by atoms with Crippen molar-refractivity contribution in [2.45, 2.75) is 24.6 Å². The minimum Gasteiger partial charge on any atom is -0.497 e. The Morgan fingerprint density at radius 3 is 2.81 bits per heavy atom. The van der Waals surface area contributed by atoms with E-state index in [1.165, 1.54) is 6.26 Å². The van der Waals surface area contributed by atoms with E-state index in [9.17, 15) is 8.42 Å². The summed E-state index contributed by atoms with van der Waals surface area (Å²) in [7, 11) is -1.90. The van der Waals surface area contributed by atoms with Gasteiger partial charge in [0.2, 0.25) is 0 Å². The van der Waals surface area contributed by atoms with Gasteiger partial charge in [0.15, 0.2) is 27.2 Å². The summed E-state index contributed by atoms with van der Waals surface area (Å²) in [5, 5.41) is 0.920. The largest absolute Gasteiger partial charge is 0.497 e. The number of aromatic nitrogens is 3. The number of aromatic amines is 1. The van der Waals surface area contributed by atoms with Crippen LogP contribution in [0, 0.1) is 0 Å². The number of rotatable bonds is 4. The molecule has 4 heterocycles. The first-order valence-electron chi connectivity index (χ1n) is 10.5. The average Bonchev–Trinajstić information content (AvgIpc) is 3.25. The van der Waals surface area contributed by atoms with Crippen molar-refractivity contribution in [3.8, 4) is 22.9 Å². The molecule has 1 aromatic carbocycles. The Kier molecular flexibility index (Phi) is 4.82. The molecule has 1 atom stereocenters. The predicted molar refractivity (Wildman–Crippen MR) is 121 cm³/mol. The van der Waals surface area contributed by atoms with Crippen LogP contribution in [-0.4, -0.2) is 69.1 Å². The Balaban J connectivity index is 1.81. The van der Waals surface area contributed by atoms with Crippen LogP contribution in [0.3, 0.4) is 0 Å². The van der Waals surface area contributed by atoms with Gasteiger partial charge in [0.05, 0.1) is 26.4 Å². The van der Waals surface area contributed by atoms with E-state index in [0.717, 1.165) is 16.5 Å². The highest BCUT2D eigenvalue weighted by Gasteiger charge is 2.42. The molecular formula is C22H26N4O5S. The quantitative estimate of drug-likeness (QED) is 0.636. The second-order valence-electron chi connectivity index (χ2n) is 8.68. The van der Waals surface area contributed by atoms with Crippen LogP contribution >= 0.6 is 0 Å². The molecule has 5 rings (SSSR count). The molecule has 1 fully saturated rings. The molecule has 170 valence electrons. The van der Waals surface area contributed by atoms with Gasteiger partial charge in [-0.3, -0.25) is 0 Å². The van der Waals surface area contributed by atoms with Crippen LogP contribution < -0.4 is 14.4 Å². The molecule has 0 amide bonds. The van der Waals surface area contributed by atoms with Crippen LogP contribution in [0.5, 0.6) is 11.5 Å². The van der Waals surface area contributed by atoms with Gasteiger partial charge in [0, 0.05) is 41.5 Å². The van der Waals surface area contributed by atoms with E-state index in [4.69, 9.17) is 24.2 Å². The first-order chi connectivity index (χ1) is 15.2. The maximum Gasteiger partial charge on any atom is 0.185 e. The third kappa shape index (κ3) is 3.20. The monoisotopic (exact) mass is 458 g/mol. The van der Waals surface area contributed by atoms with Gasteiger partial charge in [-0.2, -0.15) is 0 Å². The first-order valence-corrected chi connectivity index (χ1v) is 12.3. The molecule has 9 nitrogen and oxygen atoms in total. The van der Waals surface area contributed by atoms with Crippen LogP contribution in [0.4, 0.5) is 5.82 Å². The molecule has 1 saturated heterocycles. The Labute approximate surface area is 186 Å². The molecule has 1 N–H and O–H groups in total. The molecule has 2 aromatic heterocycles. The van der Waals surface area contributed by atoms with E-state index in [1.54, 1.807) is 21.0 Å². The maximum absolute atomic E-state index is 12.8. The molecule has 1 unspecified atom stereocenters. The molecule has 10 heteroatoms. The molecule has 0 spiro atoms. The second-order valence-corrected chi connectivity index (χ2v) is 11.2. The zero-order valence-electron chi connectivity index (χ0n) is 18.5. The highest BCUT2D eigenvalue weighted by atomic mass is 32.2. The van der Waals surface area contributed by atoms with Crippen molar-refractivity contribution in [3.05, 3.63) is 30.1 Å². The van der Waals surface area contributed by atoms with Crippen LogP contribution in [0.2, 0.25) is 0 Å². The van der Waals surface area contributed by atoms with Crippen molar-refractivity contribution in [1.82, 2.24) is 15.0 Å². The Morgan fingerprint density at radius 1 is 1.25 bits per heavy atom. The maximum atomic E-state index is 12.8. The number of H-pyrrole nitrogens is 1. The molecule has 3 aromatic rings. The number of morpholine rings is 1. The molecule has 2 aliphatic rings. The first kappa shape index (κ1) is 21.0. The fourth-order valence-electron chi connectivity index (χ4n) is 4.16. The lowest BCUT2D eigenvalue weighted by atomic mass is 10.0. The molecular weight excluding hydrogens is 432 g/mol. The van der Waals surface area contributed by atoms with Crippen molar-refractivity contribution < 1.29 is 22.6 Å². The van der Waals surface area contributed by atoms with Gasteiger partial charge in [-0.25, -0.2) is 18.4 Å². The summed E-state index contributed by atoms with van der Waals surface area (Å²) < 4.78 is 41.4. The lowest BCUT2D eigenvalue weighted by Gasteiger charge is -2.41. The number of anilines is 1. The number of ether oxygens (including phenoxy) is 3. The number of hydrogen-bond donors (Lipinski definition) is 1. The fourth-order valence-corrected chi connectivity index (χ4v) is 4.65. The Hall–Kier alpha value is -2.85. The lowest BCUT2D eigenvalue weighted by Crippen LogP contribution is -2.52. The van der Waals surface area contributed by atoms with Crippen molar-refractivity contribution in [2.24, 2.45) is 0 Å². The zero-order valence-corrected chi connectivity index (χ0v) is 19.3. The summed E-state index contributed by atoms with van der Waals surface area (Å²) in [5.74, 6) is 2.11. The molecule has 32 heavy (non-hydrogen) atoms. The Morgan fingerprint density at radius 2 is 2.06 bits per heavy atom. The van der Waals surface area contributed by atoms with Gasteiger partial charge in [-0.15, -0.1) is 0 Å². The molecule has 0 bridgehead atoms. The minimum absolute atomic E-state index is 0.0192. The van der Waals surface area contributed by atoms with Gasteiger partial charge in [-0.05, 0) is 26.0 Å². The van der Waals surface area contributed by atoms with Gasteiger partial charge >= 0.3 is 0 Å². The minimum atomic E-state index is -3.51. The van der Waals surface area contributed by atoms with E-state index >= 15 is 0 Å². The van der Waals surface area contributed by atoms with Crippen LogP contribution in [-0.2, 0) is 19.3 Å². The summed E-state index contributed by atoms with van der Waals surface area (Å²) in [4.78, 5) is 15.0. The standard InChI is InChI=1S/C22H26N4O5S/c1-22(2,32(4,27)28)19-18-21(26-7-8-30-11-13(26)12-31-18)25-20(24-19)16-9-14(29-3)10-17-15(16)5-6-23-17/h5-6,9-10,13,23H,7-8,11-12H2,1-4H3. The van der Waals surface area contributed by atoms with Crippen LogP contribution in [0.25, 0.3) is 22.3 Å². The van der Waals surface area contributed by atoms with E-state index < -0.39 is 14.6 Å². The summed E-state index contributed by atoms with van der Waals surface area (Å²) in [6.07, 6.45) is 3.06. The summed E-state index contributed by atoms with van der Waals surface area (Å²) in [6, 6.07) is 5.74. The normalized spacial score (nSPS) is 18.8. The van der Waals surface area contributed by atoms with E-state index in [-0.39, 0.29) is 6.04 Å². The van der Waals surface area contributed by atoms with E-state index in [0.29, 0.717) is 55.2 Å². The van der Waals surface area contributed by atoms with Crippen LogP contribution in [0.1, 0.15) is 19.5 Å². The number of sulfone groups is 1. The van der Waals surface area contributed by atoms with E-state index in [1.807, 2.05) is 24.4 Å². The smallest absolute Gasteiger partial charge is 0.185 e. The second kappa shape index (κ2) is 7.35. The van der Waals surface area contributed by atoms with Gasteiger partial charge < -0.3 is 24.1 Å². The van der Waals surface area contributed by atoms with Crippen LogP contribution in [0.15, 0.2) is 24.4 Å². The zero-order chi connectivity index (χ0) is 22.7. The van der Waals surface area contributed by atoms with Crippen molar-refractivity contribution in [3.63, 3.8) is 0 Å². The van der Waals surface area contributed by atoms with Crippen molar-refractivity contribution in [2.75, 3.05) is 44.6 Å². The SMILES string of the molecule is COc1cc(-c2nc3c(c(C(C)(C)S(C)(=O)=O)n2)OCC2COCCN32)c2cc[nH]c2c1. The van der Waals surface area contributed by atoms with Gasteiger partial charge in [-0.1, -0.05) is 0 Å². The topological polar surface area (TPSA) is 107 Å². The number of benzene rings is 1. The van der Waals surface area contributed by atoms with Gasteiger partial charge in [0.1, 0.15) is 22.8 Å². The summed E-state index contributed by atoms with van der Waals surface area (Å²) in [6.45, 7) is 5.45. The number of methoxy groups -OCH3 is 1. The van der Waals surface area contributed by atoms with Crippen molar-refractivity contribution in [1.29, 1.82) is 0 Å². The number of hydrogen-bond acceptors (Lipinski definition) is 8. The predicted octanol–water partition coefficient (Wildman–Crippen LogP) is 2.51. The highest BCUT2D eigenvalue weighted by molar-refractivity contribution is 7.91.